The van der Waals surface area contributed by atoms with Crippen molar-refractivity contribution >= 4 is 10.9 Å². The molecule has 0 saturated carbocycles. The van der Waals surface area contributed by atoms with Crippen molar-refractivity contribution in [2.75, 3.05) is 6.54 Å². The predicted molar refractivity (Wildman–Crippen MR) is 79.1 cm³/mol. The molecule has 0 amide bonds. The molecule has 0 fully saturated rings. The number of nitrogens with zero attached hydrogens (tertiary/aromatic N) is 1. The van der Waals surface area contributed by atoms with Crippen molar-refractivity contribution in [1.29, 1.82) is 0 Å². The molecule has 2 rings (SSSR count). The largest absolute Gasteiger partial charge is 0.350 e. The molecule has 2 nitrogen and oxygen atoms in total. The Balaban J connectivity index is 2.19. The summed E-state index contributed by atoms with van der Waals surface area (Å²) < 4.78 is 2.23. The highest BCUT2D eigenvalue weighted by atomic mass is 14.9. The van der Waals surface area contributed by atoms with Crippen LogP contribution in [0.1, 0.15) is 31.9 Å². The number of aryl methyl sites for hydroxylation is 2. The van der Waals surface area contributed by atoms with E-state index < -0.39 is 0 Å². The number of hydrogen-bond acceptors (Lipinski definition) is 1. The van der Waals surface area contributed by atoms with Crippen molar-refractivity contribution in [3.8, 4) is 0 Å². The second-order valence-corrected chi connectivity index (χ2v) is 6.21. The monoisotopic (exact) mass is 244 g/mol. The van der Waals surface area contributed by atoms with Gasteiger partial charge in [0.2, 0.25) is 0 Å². The number of nitrogens with one attached hydrogen (secondary N) is 1. The molecule has 2 heteroatoms. The summed E-state index contributed by atoms with van der Waals surface area (Å²) >= 11 is 0. The molecule has 0 radical (unpaired) electrons. The van der Waals surface area contributed by atoms with Crippen LogP contribution < -0.4 is 5.32 Å². The van der Waals surface area contributed by atoms with Crippen LogP contribution in [0.3, 0.4) is 0 Å². The zero-order chi connectivity index (χ0) is 13.3. The summed E-state index contributed by atoms with van der Waals surface area (Å²) in [5, 5.41) is 4.93. The maximum atomic E-state index is 3.55. The Labute approximate surface area is 110 Å². The van der Waals surface area contributed by atoms with E-state index in [1.807, 2.05) is 0 Å². The van der Waals surface area contributed by atoms with Gasteiger partial charge in [-0.15, -0.1) is 0 Å². The van der Waals surface area contributed by atoms with Crippen molar-refractivity contribution in [3.63, 3.8) is 0 Å². The molecule has 1 heterocycles. The van der Waals surface area contributed by atoms with E-state index in [2.05, 4.69) is 69.0 Å². The minimum absolute atomic E-state index is 0.196. The minimum atomic E-state index is 0.196. The van der Waals surface area contributed by atoms with Crippen molar-refractivity contribution in [3.05, 3.63) is 35.5 Å². The first-order chi connectivity index (χ1) is 8.37. The van der Waals surface area contributed by atoms with Gasteiger partial charge in [-0.2, -0.15) is 0 Å². The fraction of sp³-hybridized carbons (Fsp3) is 0.500. The van der Waals surface area contributed by atoms with Gasteiger partial charge in [0.1, 0.15) is 0 Å². The highest BCUT2D eigenvalue weighted by Crippen LogP contribution is 2.22. The lowest BCUT2D eigenvalue weighted by Crippen LogP contribution is -2.37. The van der Waals surface area contributed by atoms with Gasteiger partial charge < -0.3 is 9.88 Å². The van der Waals surface area contributed by atoms with E-state index in [9.17, 15) is 0 Å². The summed E-state index contributed by atoms with van der Waals surface area (Å²) in [6, 6.07) is 6.70. The van der Waals surface area contributed by atoms with Gasteiger partial charge in [-0.1, -0.05) is 12.1 Å². The zero-order valence-corrected chi connectivity index (χ0v) is 12.2. The van der Waals surface area contributed by atoms with E-state index in [1.54, 1.807) is 0 Å². The molecule has 0 aliphatic heterocycles. The van der Waals surface area contributed by atoms with Gasteiger partial charge in [-0.25, -0.2) is 0 Å². The van der Waals surface area contributed by atoms with E-state index in [4.69, 9.17) is 0 Å². The lowest BCUT2D eigenvalue weighted by molar-refractivity contribution is 0.430. The Hall–Kier alpha value is -1.28. The van der Waals surface area contributed by atoms with E-state index in [0.717, 1.165) is 13.0 Å². The number of rotatable bonds is 3. The first kappa shape index (κ1) is 13.2. The lowest BCUT2D eigenvalue weighted by Gasteiger charge is -2.20. The zero-order valence-electron chi connectivity index (χ0n) is 12.2. The molecule has 0 aliphatic rings. The van der Waals surface area contributed by atoms with Gasteiger partial charge in [0, 0.05) is 29.7 Å². The third-order valence-electron chi connectivity index (χ3n) is 3.28. The molecule has 0 saturated heterocycles. The van der Waals surface area contributed by atoms with Crippen LogP contribution in [0.4, 0.5) is 0 Å². The summed E-state index contributed by atoms with van der Waals surface area (Å²) in [5.74, 6) is 0. The molecule has 0 atom stereocenters. The third kappa shape index (κ3) is 2.94. The highest BCUT2D eigenvalue weighted by molar-refractivity contribution is 5.84. The van der Waals surface area contributed by atoms with Gasteiger partial charge in [0.25, 0.3) is 0 Å². The van der Waals surface area contributed by atoms with Crippen LogP contribution in [0.5, 0.6) is 0 Å². The minimum Gasteiger partial charge on any atom is -0.350 e. The van der Waals surface area contributed by atoms with Gasteiger partial charge in [0.15, 0.2) is 0 Å². The molecule has 98 valence electrons. The van der Waals surface area contributed by atoms with Crippen LogP contribution in [-0.2, 0) is 13.5 Å². The Bertz CT molecular complexity index is 544. The molecule has 0 aliphatic carbocycles. The lowest BCUT2D eigenvalue weighted by atomic mass is 10.1. The number of fused-ring (bicyclic) bond motifs is 1. The van der Waals surface area contributed by atoms with Crippen LogP contribution in [0.15, 0.2) is 24.4 Å². The number of hydrogen-bond donors (Lipinski definition) is 1. The summed E-state index contributed by atoms with van der Waals surface area (Å²) in [4.78, 5) is 0. The molecular weight excluding hydrogens is 220 g/mol. The average Bonchev–Trinajstić information content (AvgIpc) is 2.54. The van der Waals surface area contributed by atoms with Gasteiger partial charge in [-0.3, -0.25) is 0 Å². The van der Waals surface area contributed by atoms with Crippen LogP contribution >= 0.6 is 0 Å². The molecule has 18 heavy (non-hydrogen) atoms. The molecule has 0 unspecified atom stereocenters. The van der Waals surface area contributed by atoms with Crippen LogP contribution in [0.25, 0.3) is 10.9 Å². The van der Waals surface area contributed by atoms with Crippen LogP contribution in [0, 0.1) is 6.92 Å². The molecule has 2 aromatic rings. The fourth-order valence-electron chi connectivity index (χ4n) is 2.35. The van der Waals surface area contributed by atoms with Gasteiger partial charge in [-0.05, 0) is 57.9 Å². The Morgan fingerprint density at radius 3 is 2.61 bits per heavy atom. The van der Waals surface area contributed by atoms with Crippen molar-refractivity contribution in [2.24, 2.45) is 7.05 Å². The van der Waals surface area contributed by atoms with Crippen molar-refractivity contribution in [1.82, 2.24) is 9.88 Å². The summed E-state index contributed by atoms with van der Waals surface area (Å²) in [5.41, 5.74) is 4.29. The molecule has 1 aromatic carbocycles. The second kappa shape index (κ2) is 4.77. The standard InChI is InChI=1S/C16H24N2/c1-12-6-7-14-13(8-9-17-16(2,3)4)11-18(5)15(14)10-12/h6-7,10-11,17H,8-9H2,1-5H3. The SMILES string of the molecule is Cc1ccc2c(CCNC(C)(C)C)cn(C)c2c1. The van der Waals surface area contributed by atoms with Crippen molar-refractivity contribution in [2.45, 2.75) is 39.7 Å². The molecule has 1 N–H and O–H groups in total. The molecule has 0 spiro atoms. The Morgan fingerprint density at radius 2 is 1.94 bits per heavy atom. The third-order valence-corrected chi connectivity index (χ3v) is 3.28. The Kier molecular flexibility index (Phi) is 3.49. The second-order valence-electron chi connectivity index (χ2n) is 6.21. The summed E-state index contributed by atoms with van der Waals surface area (Å²) in [7, 11) is 2.13. The number of benzene rings is 1. The van der Waals surface area contributed by atoms with Crippen LogP contribution in [-0.4, -0.2) is 16.7 Å². The molecular formula is C16H24N2. The number of aromatic nitrogens is 1. The normalized spacial score (nSPS) is 12.3. The van der Waals surface area contributed by atoms with E-state index in [-0.39, 0.29) is 5.54 Å². The maximum absolute atomic E-state index is 3.55. The first-order valence-electron chi connectivity index (χ1n) is 6.66. The molecule has 0 bridgehead atoms. The maximum Gasteiger partial charge on any atom is 0.0483 e. The van der Waals surface area contributed by atoms with E-state index >= 15 is 0 Å². The van der Waals surface area contributed by atoms with Crippen molar-refractivity contribution < 1.29 is 0 Å². The first-order valence-corrected chi connectivity index (χ1v) is 6.66. The summed E-state index contributed by atoms with van der Waals surface area (Å²) in [6.45, 7) is 9.79. The highest BCUT2D eigenvalue weighted by Gasteiger charge is 2.10. The molecule has 1 aromatic heterocycles. The topological polar surface area (TPSA) is 17.0 Å². The van der Waals surface area contributed by atoms with Gasteiger partial charge in [0.05, 0.1) is 0 Å². The quantitative estimate of drug-likeness (QED) is 0.875. The van der Waals surface area contributed by atoms with Gasteiger partial charge >= 0.3 is 0 Å². The predicted octanol–water partition coefficient (Wildman–Crippen LogP) is 3.42. The average molecular weight is 244 g/mol. The summed E-state index contributed by atoms with van der Waals surface area (Å²) in [6.07, 6.45) is 3.34. The van der Waals surface area contributed by atoms with E-state index in [0.29, 0.717) is 0 Å². The fourth-order valence-corrected chi connectivity index (χ4v) is 2.35. The Morgan fingerprint density at radius 1 is 1.22 bits per heavy atom. The van der Waals surface area contributed by atoms with E-state index in [1.165, 1.54) is 22.0 Å². The van der Waals surface area contributed by atoms with Crippen LogP contribution in [0.2, 0.25) is 0 Å². The smallest absolute Gasteiger partial charge is 0.0483 e.